The highest BCUT2D eigenvalue weighted by Gasteiger charge is 2.48. The molecule has 0 aromatic heterocycles. The molecule has 1 atom stereocenters. The monoisotopic (exact) mass is 396 g/mol. The van der Waals surface area contributed by atoms with Crippen molar-refractivity contribution in [3.63, 3.8) is 0 Å². The number of urea groups is 1. The molecule has 0 radical (unpaired) electrons. The lowest BCUT2D eigenvalue weighted by atomic mass is 10.0. The topological polar surface area (TPSA) is 57.7 Å². The van der Waals surface area contributed by atoms with Gasteiger partial charge in [0.2, 0.25) is 0 Å². The van der Waals surface area contributed by atoms with Gasteiger partial charge in [0.05, 0.1) is 5.69 Å². The Balaban J connectivity index is 1.67. The molecule has 0 N–H and O–H groups in total. The number of nitrogens with zero attached hydrogens (tertiary/aromatic N) is 2. The number of carbonyl (C=O) groups excluding carboxylic acids is 3. The van der Waals surface area contributed by atoms with Crippen LogP contribution in [0, 0.1) is 0 Å². The Kier molecular flexibility index (Phi) is 5.52. The molecule has 0 bridgehead atoms. The Morgan fingerprint density at radius 1 is 0.800 bits per heavy atom. The summed E-state index contributed by atoms with van der Waals surface area (Å²) >= 11 is 0. The summed E-state index contributed by atoms with van der Waals surface area (Å²) in [6.45, 7) is 0. The first-order valence-corrected chi connectivity index (χ1v) is 9.68. The van der Waals surface area contributed by atoms with E-state index in [1.807, 2.05) is 66.7 Å². The molecule has 0 spiro atoms. The van der Waals surface area contributed by atoms with Crippen molar-refractivity contribution in [1.82, 2.24) is 4.90 Å². The summed E-state index contributed by atoms with van der Waals surface area (Å²) in [6.07, 6.45) is 3.25. The molecule has 1 saturated heterocycles. The number of rotatable bonds is 5. The molecular formula is C25H20N2O3. The zero-order chi connectivity index (χ0) is 20.9. The summed E-state index contributed by atoms with van der Waals surface area (Å²) in [5, 5.41) is 0. The van der Waals surface area contributed by atoms with Crippen LogP contribution in [0.5, 0.6) is 0 Å². The van der Waals surface area contributed by atoms with E-state index >= 15 is 0 Å². The van der Waals surface area contributed by atoms with Gasteiger partial charge in [0.15, 0.2) is 0 Å². The zero-order valence-corrected chi connectivity index (χ0v) is 16.2. The van der Waals surface area contributed by atoms with E-state index in [4.69, 9.17) is 0 Å². The van der Waals surface area contributed by atoms with Gasteiger partial charge in [-0.15, -0.1) is 0 Å². The lowest BCUT2D eigenvalue weighted by molar-refractivity contribution is -0.129. The third-order valence-corrected chi connectivity index (χ3v) is 4.96. The summed E-state index contributed by atoms with van der Waals surface area (Å²) in [7, 11) is 0. The summed E-state index contributed by atoms with van der Waals surface area (Å²) in [4.78, 5) is 41.5. The van der Waals surface area contributed by atoms with E-state index in [2.05, 4.69) is 0 Å². The molecule has 0 unspecified atom stereocenters. The number of hydrogen-bond acceptors (Lipinski definition) is 3. The van der Waals surface area contributed by atoms with Crippen LogP contribution in [0.3, 0.4) is 0 Å². The maximum absolute atomic E-state index is 13.2. The molecular weight excluding hydrogens is 376 g/mol. The number of hydrogen-bond donors (Lipinski definition) is 0. The molecule has 4 amide bonds. The van der Waals surface area contributed by atoms with Crippen LogP contribution in [0.25, 0.3) is 6.08 Å². The third kappa shape index (κ3) is 3.91. The molecule has 5 nitrogen and oxygen atoms in total. The molecule has 0 saturated carbocycles. The largest absolute Gasteiger partial charge is 0.339 e. The van der Waals surface area contributed by atoms with Crippen molar-refractivity contribution in [1.29, 1.82) is 0 Å². The SMILES string of the molecule is O=C1[C@H](Cc2ccccc2)N(C(=O)/C=C/c2ccccc2)C(=O)N1c1ccccc1. The first kappa shape index (κ1) is 19.3. The van der Waals surface area contributed by atoms with Crippen LogP contribution < -0.4 is 4.90 Å². The molecule has 3 aromatic carbocycles. The van der Waals surface area contributed by atoms with Gasteiger partial charge >= 0.3 is 6.03 Å². The molecule has 1 heterocycles. The second-order valence-corrected chi connectivity index (χ2v) is 6.95. The summed E-state index contributed by atoms with van der Waals surface area (Å²) in [5.41, 5.74) is 2.17. The quantitative estimate of drug-likeness (QED) is 0.477. The third-order valence-electron chi connectivity index (χ3n) is 4.96. The van der Waals surface area contributed by atoms with Crippen molar-refractivity contribution < 1.29 is 14.4 Å². The van der Waals surface area contributed by atoms with E-state index in [0.717, 1.165) is 20.9 Å². The molecule has 4 rings (SSSR count). The molecule has 5 heteroatoms. The molecule has 1 aliphatic heterocycles. The second kappa shape index (κ2) is 8.57. The van der Waals surface area contributed by atoms with Crippen molar-refractivity contribution in [3.8, 4) is 0 Å². The van der Waals surface area contributed by atoms with Crippen LogP contribution >= 0.6 is 0 Å². The van der Waals surface area contributed by atoms with Crippen LogP contribution in [0.1, 0.15) is 11.1 Å². The fraction of sp³-hybridized carbons (Fsp3) is 0.0800. The minimum Gasteiger partial charge on any atom is -0.272 e. The smallest absolute Gasteiger partial charge is 0.272 e. The van der Waals surface area contributed by atoms with E-state index < -0.39 is 23.9 Å². The number of benzene rings is 3. The minimum atomic E-state index is -0.895. The number of amides is 4. The fourth-order valence-corrected chi connectivity index (χ4v) is 3.49. The second-order valence-electron chi connectivity index (χ2n) is 6.95. The highest BCUT2D eigenvalue weighted by atomic mass is 16.2. The lowest BCUT2D eigenvalue weighted by Crippen LogP contribution is -2.40. The normalized spacial score (nSPS) is 16.5. The molecule has 1 fully saturated rings. The predicted molar refractivity (Wildman–Crippen MR) is 116 cm³/mol. The summed E-state index contributed by atoms with van der Waals surface area (Å²) < 4.78 is 0. The van der Waals surface area contributed by atoms with Crippen LogP contribution in [0.15, 0.2) is 97.1 Å². The van der Waals surface area contributed by atoms with Gasteiger partial charge in [-0.2, -0.15) is 0 Å². The van der Waals surface area contributed by atoms with Crippen molar-refractivity contribution in [2.45, 2.75) is 12.5 Å². The van der Waals surface area contributed by atoms with Gasteiger partial charge < -0.3 is 0 Å². The lowest BCUT2D eigenvalue weighted by Gasteiger charge is -2.18. The van der Waals surface area contributed by atoms with E-state index in [-0.39, 0.29) is 6.42 Å². The van der Waals surface area contributed by atoms with Crippen LogP contribution in [0.2, 0.25) is 0 Å². The Morgan fingerprint density at radius 3 is 2.00 bits per heavy atom. The maximum atomic E-state index is 13.2. The molecule has 148 valence electrons. The predicted octanol–water partition coefficient (Wildman–Crippen LogP) is 4.31. The van der Waals surface area contributed by atoms with Crippen LogP contribution in [-0.2, 0) is 16.0 Å². The maximum Gasteiger partial charge on any atom is 0.339 e. The number of carbonyl (C=O) groups is 3. The van der Waals surface area contributed by atoms with E-state index in [1.165, 1.54) is 6.08 Å². The highest BCUT2D eigenvalue weighted by Crippen LogP contribution is 2.27. The molecule has 3 aromatic rings. The Morgan fingerprint density at radius 2 is 1.37 bits per heavy atom. The first-order valence-electron chi connectivity index (χ1n) is 9.68. The molecule has 1 aliphatic rings. The van der Waals surface area contributed by atoms with Gasteiger partial charge in [-0.05, 0) is 29.3 Å². The van der Waals surface area contributed by atoms with Crippen molar-refractivity contribution in [3.05, 3.63) is 108 Å². The van der Waals surface area contributed by atoms with Gasteiger partial charge in [0.1, 0.15) is 6.04 Å². The van der Waals surface area contributed by atoms with Gasteiger partial charge in [-0.25, -0.2) is 14.6 Å². The first-order chi connectivity index (χ1) is 14.6. The Hall–Kier alpha value is -3.99. The summed E-state index contributed by atoms with van der Waals surface area (Å²) in [5.74, 6) is -0.923. The fourth-order valence-electron chi connectivity index (χ4n) is 3.49. The van der Waals surface area contributed by atoms with Gasteiger partial charge in [0, 0.05) is 12.5 Å². The Labute approximate surface area is 174 Å². The van der Waals surface area contributed by atoms with Crippen LogP contribution in [0.4, 0.5) is 10.5 Å². The van der Waals surface area contributed by atoms with E-state index in [1.54, 1.807) is 30.3 Å². The average molecular weight is 396 g/mol. The standard InChI is InChI=1S/C25H20N2O3/c28-23(17-16-19-10-4-1-5-11-19)27-22(18-20-12-6-2-7-13-20)24(29)26(25(27)30)21-14-8-3-9-15-21/h1-17,22H,18H2/b17-16+/t22-/m0/s1. The summed E-state index contributed by atoms with van der Waals surface area (Å²) in [6, 6.07) is 25.9. The van der Waals surface area contributed by atoms with Crippen molar-refractivity contribution >= 4 is 29.6 Å². The van der Waals surface area contributed by atoms with Gasteiger partial charge in [-0.3, -0.25) is 9.59 Å². The molecule has 30 heavy (non-hydrogen) atoms. The average Bonchev–Trinajstić information content (AvgIpc) is 3.03. The molecule has 0 aliphatic carbocycles. The van der Waals surface area contributed by atoms with Crippen molar-refractivity contribution in [2.75, 3.05) is 4.90 Å². The van der Waals surface area contributed by atoms with Gasteiger partial charge in [-0.1, -0.05) is 78.9 Å². The zero-order valence-electron chi connectivity index (χ0n) is 16.2. The number of imide groups is 2. The van der Waals surface area contributed by atoms with Gasteiger partial charge in [0.25, 0.3) is 11.8 Å². The van der Waals surface area contributed by atoms with E-state index in [9.17, 15) is 14.4 Å². The van der Waals surface area contributed by atoms with Crippen LogP contribution in [-0.4, -0.2) is 28.8 Å². The Bertz CT molecular complexity index is 1080. The van der Waals surface area contributed by atoms with E-state index in [0.29, 0.717) is 5.69 Å². The minimum absolute atomic E-state index is 0.264. The number of para-hydroxylation sites is 1. The highest BCUT2D eigenvalue weighted by molar-refractivity contribution is 6.26. The number of anilines is 1. The van der Waals surface area contributed by atoms with Crippen molar-refractivity contribution in [2.24, 2.45) is 0 Å².